The molecular weight excluding hydrogens is 304 g/mol. The third-order valence-corrected chi connectivity index (χ3v) is 3.88. The first-order valence-corrected chi connectivity index (χ1v) is 6.80. The molecule has 102 valence electrons. The molecule has 7 heteroatoms. The summed E-state index contributed by atoms with van der Waals surface area (Å²) in [4.78, 5) is 4.29. The standard InChI is InChI=1S/C13H8ClF2N3S/c14-8-3-6(15)4-9(16)12(8)19-13-18-10-2-1-7(17)5-11(10)20-13/h1-5H,17H2,(H,18,19). The summed E-state index contributed by atoms with van der Waals surface area (Å²) in [6.07, 6.45) is 0. The van der Waals surface area contributed by atoms with Crippen LogP contribution in [-0.2, 0) is 0 Å². The molecule has 20 heavy (non-hydrogen) atoms. The third-order valence-electron chi connectivity index (χ3n) is 2.65. The zero-order valence-electron chi connectivity index (χ0n) is 9.95. The Morgan fingerprint density at radius 3 is 2.75 bits per heavy atom. The molecule has 0 radical (unpaired) electrons. The van der Waals surface area contributed by atoms with Crippen molar-refractivity contribution < 1.29 is 8.78 Å². The molecule has 3 aromatic rings. The smallest absolute Gasteiger partial charge is 0.188 e. The van der Waals surface area contributed by atoms with Gasteiger partial charge in [0.1, 0.15) is 5.82 Å². The predicted octanol–water partition coefficient (Wildman–Crippen LogP) is 4.55. The molecule has 3 rings (SSSR count). The van der Waals surface area contributed by atoms with Gasteiger partial charge in [0.25, 0.3) is 0 Å². The number of nitrogens with two attached hydrogens (primary N) is 1. The van der Waals surface area contributed by atoms with E-state index in [1.54, 1.807) is 18.2 Å². The lowest BCUT2D eigenvalue weighted by Crippen LogP contribution is -1.95. The summed E-state index contributed by atoms with van der Waals surface area (Å²) >= 11 is 7.13. The van der Waals surface area contributed by atoms with E-state index in [1.807, 2.05) is 0 Å². The molecule has 0 aliphatic rings. The van der Waals surface area contributed by atoms with Gasteiger partial charge in [-0.1, -0.05) is 22.9 Å². The van der Waals surface area contributed by atoms with Crippen LogP contribution in [0.4, 0.5) is 25.3 Å². The summed E-state index contributed by atoms with van der Waals surface area (Å²) in [6.45, 7) is 0. The number of rotatable bonds is 2. The van der Waals surface area contributed by atoms with Gasteiger partial charge in [0, 0.05) is 11.8 Å². The Morgan fingerprint density at radius 1 is 1.20 bits per heavy atom. The SMILES string of the molecule is Nc1ccc2nc(Nc3c(F)cc(F)cc3Cl)sc2c1. The maximum atomic E-state index is 13.7. The van der Waals surface area contributed by atoms with Crippen molar-refractivity contribution in [3.05, 3.63) is 47.0 Å². The summed E-state index contributed by atoms with van der Waals surface area (Å²) in [7, 11) is 0. The largest absolute Gasteiger partial charge is 0.399 e. The lowest BCUT2D eigenvalue weighted by molar-refractivity contribution is 0.586. The van der Waals surface area contributed by atoms with Crippen molar-refractivity contribution >= 4 is 49.7 Å². The maximum absolute atomic E-state index is 13.7. The summed E-state index contributed by atoms with van der Waals surface area (Å²) in [5, 5.41) is 3.19. The maximum Gasteiger partial charge on any atom is 0.188 e. The van der Waals surface area contributed by atoms with Gasteiger partial charge >= 0.3 is 0 Å². The van der Waals surface area contributed by atoms with E-state index in [1.165, 1.54) is 11.3 Å². The Kier molecular flexibility index (Phi) is 3.19. The molecule has 0 atom stereocenters. The number of anilines is 3. The topological polar surface area (TPSA) is 50.9 Å². The van der Waals surface area contributed by atoms with E-state index in [-0.39, 0.29) is 10.7 Å². The molecule has 0 aliphatic carbocycles. The monoisotopic (exact) mass is 311 g/mol. The number of nitrogens with zero attached hydrogens (tertiary/aromatic N) is 1. The van der Waals surface area contributed by atoms with Gasteiger partial charge in [-0.3, -0.25) is 0 Å². The fraction of sp³-hybridized carbons (Fsp3) is 0. The van der Waals surface area contributed by atoms with Crippen LogP contribution < -0.4 is 11.1 Å². The summed E-state index contributed by atoms with van der Waals surface area (Å²) in [5.74, 6) is -1.50. The average Bonchev–Trinajstić information content (AvgIpc) is 2.75. The van der Waals surface area contributed by atoms with Crippen LogP contribution in [0.2, 0.25) is 5.02 Å². The van der Waals surface area contributed by atoms with Gasteiger partial charge in [-0.05, 0) is 24.3 Å². The van der Waals surface area contributed by atoms with E-state index in [9.17, 15) is 8.78 Å². The fourth-order valence-corrected chi connectivity index (χ4v) is 2.92. The van der Waals surface area contributed by atoms with Gasteiger partial charge in [-0.2, -0.15) is 0 Å². The molecular formula is C13H8ClF2N3S. The van der Waals surface area contributed by atoms with E-state index in [0.717, 1.165) is 22.3 Å². The minimum atomic E-state index is -0.770. The summed E-state index contributed by atoms with van der Waals surface area (Å²) in [5.41, 5.74) is 7.05. The van der Waals surface area contributed by atoms with Crippen molar-refractivity contribution in [3.8, 4) is 0 Å². The molecule has 0 saturated carbocycles. The lowest BCUT2D eigenvalue weighted by Gasteiger charge is -2.06. The van der Waals surface area contributed by atoms with Crippen molar-refractivity contribution in [1.29, 1.82) is 0 Å². The number of fused-ring (bicyclic) bond motifs is 1. The van der Waals surface area contributed by atoms with Gasteiger partial charge < -0.3 is 11.1 Å². The van der Waals surface area contributed by atoms with Crippen LogP contribution in [0.25, 0.3) is 10.2 Å². The number of benzene rings is 2. The molecule has 0 amide bonds. The average molecular weight is 312 g/mol. The zero-order valence-corrected chi connectivity index (χ0v) is 11.5. The first-order valence-electron chi connectivity index (χ1n) is 5.60. The van der Waals surface area contributed by atoms with Gasteiger partial charge in [-0.15, -0.1) is 0 Å². The molecule has 0 aliphatic heterocycles. The number of halogens is 3. The Labute approximate surface area is 122 Å². The van der Waals surface area contributed by atoms with Crippen molar-refractivity contribution in [1.82, 2.24) is 4.98 Å². The Balaban J connectivity index is 2.01. The van der Waals surface area contributed by atoms with Gasteiger partial charge in [0.15, 0.2) is 10.9 Å². The van der Waals surface area contributed by atoms with E-state index in [4.69, 9.17) is 17.3 Å². The van der Waals surface area contributed by atoms with Crippen molar-refractivity contribution in [3.63, 3.8) is 0 Å². The normalized spacial score (nSPS) is 10.9. The number of nitrogens with one attached hydrogen (secondary N) is 1. The molecule has 3 nitrogen and oxygen atoms in total. The quantitative estimate of drug-likeness (QED) is 0.682. The van der Waals surface area contributed by atoms with Crippen LogP contribution in [-0.4, -0.2) is 4.98 Å². The summed E-state index contributed by atoms with van der Waals surface area (Å²) in [6, 6.07) is 7.09. The Morgan fingerprint density at radius 2 is 2.00 bits per heavy atom. The van der Waals surface area contributed by atoms with E-state index in [2.05, 4.69) is 10.3 Å². The first-order chi connectivity index (χ1) is 9.52. The number of hydrogen-bond donors (Lipinski definition) is 2. The second-order valence-corrected chi connectivity index (χ2v) is 5.55. The molecule has 0 bridgehead atoms. The van der Waals surface area contributed by atoms with E-state index >= 15 is 0 Å². The van der Waals surface area contributed by atoms with Crippen molar-refractivity contribution in [2.45, 2.75) is 0 Å². The minimum absolute atomic E-state index is 0.0000877. The molecule has 3 N–H and O–H groups in total. The highest BCUT2D eigenvalue weighted by molar-refractivity contribution is 7.22. The molecule has 2 aromatic carbocycles. The van der Waals surface area contributed by atoms with Crippen LogP contribution in [0.1, 0.15) is 0 Å². The summed E-state index contributed by atoms with van der Waals surface area (Å²) < 4.78 is 27.5. The van der Waals surface area contributed by atoms with Crippen LogP contribution >= 0.6 is 22.9 Å². The van der Waals surface area contributed by atoms with Crippen LogP contribution in [0.15, 0.2) is 30.3 Å². The fourth-order valence-electron chi connectivity index (χ4n) is 1.76. The number of thiazole rings is 1. The second-order valence-electron chi connectivity index (χ2n) is 4.12. The number of hydrogen-bond acceptors (Lipinski definition) is 4. The third kappa shape index (κ3) is 2.39. The van der Waals surface area contributed by atoms with Crippen molar-refractivity contribution in [2.75, 3.05) is 11.1 Å². The second kappa shape index (κ2) is 4.88. The highest BCUT2D eigenvalue weighted by atomic mass is 35.5. The molecule has 0 fully saturated rings. The van der Waals surface area contributed by atoms with Gasteiger partial charge in [-0.25, -0.2) is 13.8 Å². The molecule has 0 saturated heterocycles. The van der Waals surface area contributed by atoms with E-state index in [0.29, 0.717) is 10.8 Å². The van der Waals surface area contributed by atoms with Crippen LogP contribution in [0.3, 0.4) is 0 Å². The highest BCUT2D eigenvalue weighted by Crippen LogP contribution is 2.33. The van der Waals surface area contributed by atoms with Crippen LogP contribution in [0.5, 0.6) is 0 Å². The Hall–Kier alpha value is -1.92. The van der Waals surface area contributed by atoms with Crippen molar-refractivity contribution in [2.24, 2.45) is 0 Å². The molecule has 1 aromatic heterocycles. The van der Waals surface area contributed by atoms with E-state index < -0.39 is 11.6 Å². The highest BCUT2D eigenvalue weighted by Gasteiger charge is 2.12. The lowest BCUT2D eigenvalue weighted by atomic mass is 10.3. The number of aromatic nitrogens is 1. The minimum Gasteiger partial charge on any atom is -0.399 e. The molecule has 0 spiro atoms. The predicted molar refractivity (Wildman–Crippen MR) is 78.7 cm³/mol. The molecule has 1 heterocycles. The van der Waals surface area contributed by atoms with Gasteiger partial charge in [0.05, 0.1) is 20.9 Å². The van der Waals surface area contributed by atoms with Gasteiger partial charge in [0.2, 0.25) is 0 Å². The van der Waals surface area contributed by atoms with Crippen LogP contribution in [0, 0.1) is 11.6 Å². The Bertz CT molecular complexity index is 780. The first kappa shape index (κ1) is 13.1. The number of nitrogen functional groups attached to an aromatic ring is 1. The zero-order chi connectivity index (χ0) is 14.3. The molecule has 0 unspecified atom stereocenters.